The molecular weight excluding hydrogens is 354 g/mol. The molecule has 0 aliphatic rings. The van der Waals surface area contributed by atoms with Crippen molar-refractivity contribution in [2.24, 2.45) is 0 Å². The highest BCUT2D eigenvalue weighted by molar-refractivity contribution is 7.90. The van der Waals surface area contributed by atoms with Crippen molar-refractivity contribution in [1.82, 2.24) is 10.0 Å². The Morgan fingerprint density at radius 2 is 1.50 bits per heavy atom. The number of hydrogen-bond donors (Lipinski definition) is 2. The number of amides is 3. The number of sulfonamides is 1. The number of hydrogen-bond acceptors (Lipinski definition) is 4. The maximum Gasteiger partial charge on any atom is 0.321 e. The van der Waals surface area contributed by atoms with E-state index in [4.69, 9.17) is 0 Å². The first kappa shape index (κ1) is 21.2. The van der Waals surface area contributed by atoms with Gasteiger partial charge in [-0.1, -0.05) is 24.3 Å². The summed E-state index contributed by atoms with van der Waals surface area (Å²) in [6.07, 6.45) is 0.0971. The monoisotopic (exact) mass is 377 g/mol. The molecule has 8 heteroatoms. The molecule has 0 heterocycles. The first-order valence-corrected chi connectivity index (χ1v) is 9.25. The van der Waals surface area contributed by atoms with Gasteiger partial charge in [0.2, 0.25) is 6.41 Å². The Kier molecular flexibility index (Phi) is 7.79. The second-order valence-corrected chi connectivity index (χ2v) is 7.15. The van der Waals surface area contributed by atoms with Crippen molar-refractivity contribution in [3.8, 4) is 0 Å². The topological polar surface area (TPSA) is 95.6 Å². The van der Waals surface area contributed by atoms with Crippen molar-refractivity contribution in [3.05, 3.63) is 59.7 Å². The molecule has 0 aromatic heterocycles. The lowest BCUT2D eigenvalue weighted by atomic mass is 10.1. The summed E-state index contributed by atoms with van der Waals surface area (Å²) in [6, 6.07) is 13.6. The molecule has 3 amide bonds. The minimum Gasteiger partial charge on any atom is -0.341 e. The molecule has 0 saturated carbocycles. The molecule has 0 unspecified atom stereocenters. The van der Waals surface area contributed by atoms with E-state index in [1.807, 2.05) is 0 Å². The summed E-state index contributed by atoms with van der Waals surface area (Å²) in [5, 5.41) is 2.44. The molecule has 0 spiro atoms. The van der Waals surface area contributed by atoms with Gasteiger partial charge in [-0.05, 0) is 49.2 Å². The van der Waals surface area contributed by atoms with Crippen molar-refractivity contribution >= 4 is 28.2 Å². The predicted molar refractivity (Wildman–Crippen MR) is 102 cm³/mol. The zero-order chi connectivity index (χ0) is 19.7. The third-order valence-corrected chi connectivity index (χ3v) is 4.98. The molecule has 2 aromatic carbocycles. The number of anilines is 1. The molecule has 0 radical (unpaired) electrons. The lowest BCUT2D eigenvalue weighted by molar-refractivity contribution is -0.108. The van der Waals surface area contributed by atoms with Crippen LogP contribution in [0.25, 0.3) is 0 Å². The van der Waals surface area contributed by atoms with Gasteiger partial charge < -0.3 is 5.32 Å². The van der Waals surface area contributed by atoms with Gasteiger partial charge in [0.15, 0.2) is 0 Å². The number of nitrogens with one attached hydrogen (secondary N) is 2. The van der Waals surface area contributed by atoms with E-state index < -0.39 is 10.0 Å². The van der Waals surface area contributed by atoms with Crippen LogP contribution in [0.15, 0.2) is 53.4 Å². The number of urea groups is 1. The average Bonchev–Trinajstić information content (AvgIpc) is 2.63. The highest BCUT2D eigenvalue weighted by atomic mass is 32.2. The summed E-state index contributed by atoms with van der Waals surface area (Å²) in [4.78, 5) is 22.8. The summed E-state index contributed by atoms with van der Waals surface area (Å²) >= 11 is 0. The molecular formula is C18H23N3O4S. The number of rotatable bonds is 4. The Balaban J connectivity index is 0.000000350. The molecule has 0 aliphatic heterocycles. The number of nitrogens with zero attached hydrogens (tertiary/aromatic N) is 1. The molecule has 140 valence electrons. The van der Waals surface area contributed by atoms with E-state index in [1.54, 1.807) is 11.8 Å². The van der Waals surface area contributed by atoms with Gasteiger partial charge in [0.05, 0.1) is 4.90 Å². The summed E-state index contributed by atoms with van der Waals surface area (Å²) in [7, 11) is -0.776. The van der Waals surface area contributed by atoms with Gasteiger partial charge in [0.1, 0.15) is 0 Å². The number of carbonyl (C=O) groups is 2. The van der Waals surface area contributed by atoms with Gasteiger partial charge in [-0.25, -0.2) is 13.2 Å². The van der Waals surface area contributed by atoms with Crippen molar-refractivity contribution in [1.29, 1.82) is 0 Å². The summed E-state index contributed by atoms with van der Waals surface area (Å²) in [5.74, 6) is 0. The smallest absolute Gasteiger partial charge is 0.321 e. The summed E-state index contributed by atoms with van der Waals surface area (Å²) in [6.45, 7) is 4.24. The van der Waals surface area contributed by atoms with E-state index in [0.29, 0.717) is 5.69 Å². The fourth-order valence-electron chi connectivity index (χ4n) is 1.93. The molecule has 0 atom stereocenters. The van der Waals surface area contributed by atoms with Crippen molar-refractivity contribution < 1.29 is 18.0 Å². The lowest BCUT2D eigenvalue weighted by Gasteiger charge is -2.16. The summed E-state index contributed by atoms with van der Waals surface area (Å²) in [5.41, 5.74) is 3.26. The second-order valence-electron chi connectivity index (χ2n) is 5.43. The number of benzene rings is 2. The molecule has 7 nitrogen and oxygen atoms in total. The molecule has 26 heavy (non-hydrogen) atoms. The third-order valence-electron chi connectivity index (χ3n) is 3.68. The Hall–Kier alpha value is -2.87. The standard InChI is InChI=1S/C10H13N3O4S.C8H10/c1-11-10(15)13(2)8-3-5-9(6-4-8)18(16,17)12-7-14;1-7-5-3-4-6-8(7)2/h3-7H,1-2H3,(H,11,15)(H,12,14);3-6H,1-2H3. The summed E-state index contributed by atoms with van der Waals surface area (Å²) < 4.78 is 24.7. The fraction of sp³-hybridized carbons (Fsp3) is 0.222. The largest absolute Gasteiger partial charge is 0.341 e. The van der Waals surface area contributed by atoms with Crippen molar-refractivity contribution in [2.45, 2.75) is 18.7 Å². The minimum atomic E-state index is -3.82. The van der Waals surface area contributed by atoms with E-state index in [-0.39, 0.29) is 17.3 Å². The molecule has 0 fully saturated rings. The first-order valence-electron chi connectivity index (χ1n) is 7.76. The van der Waals surface area contributed by atoms with Gasteiger partial charge in [-0.2, -0.15) is 0 Å². The fourth-order valence-corrected chi connectivity index (χ4v) is 2.69. The van der Waals surface area contributed by atoms with Gasteiger partial charge in [-0.3, -0.25) is 14.4 Å². The predicted octanol–water partition coefficient (Wildman–Crippen LogP) is 2.20. The highest BCUT2D eigenvalue weighted by Gasteiger charge is 2.14. The average molecular weight is 377 g/mol. The number of carbonyl (C=O) groups excluding carboxylic acids is 2. The maximum absolute atomic E-state index is 11.5. The van der Waals surface area contributed by atoms with E-state index >= 15 is 0 Å². The quantitative estimate of drug-likeness (QED) is 0.799. The normalized spacial score (nSPS) is 10.2. The van der Waals surface area contributed by atoms with Crippen LogP contribution in [0.4, 0.5) is 10.5 Å². The van der Waals surface area contributed by atoms with Gasteiger partial charge in [-0.15, -0.1) is 0 Å². The Labute approximate surface area is 154 Å². The molecule has 2 N–H and O–H groups in total. The molecule has 0 bridgehead atoms. The van der Waals surface area contributed by atoms with Crippen LogP contribution in [-0.4, -0.2) is 35.0 Å². The van der Waals surface area contributed by atoms with Crippen LogP contribution >= 0.6 is 0 Å². The van der Waals surface area contributed by atoms with Crippen molar-refractivity contribution in [3.63, 3.8) is 0 Å². The molecule has 2 rings (SSSR count). The zero-order valence-electron chi connectivity index (χ0n) is 15.2. The first-order chi connectivity index (χ1) is 12.2. The van der Waals surface area contributed by atoms with E-state index in [0.717, 1.165) is 0 Å². The second kappa shape index (κ2) is 9.57. The van der Waals surface area contributed by atoms with Gasteiger partial charge in [0.25, 0.3) is 10.0 Å². The van der Waals surface area contributed by atoms with Crippen LogP contribution in [0.3, 0.4) is 0 Å². The Morgan fingerprint density at radius 3 is 1.88 bits per heavy atom. The lowest BCUT2D eigenvalue weighted by Crippen LogP contribution is -2.34. The van der Waals surface area contributed by atoms with Crippen LogP contribution in [0, 0.1) is 13.8 Å². The Morgan fingerprint density at radius 1 is 1.00 bits per heavy atom. The van der Waals surface area contributed by atoms with E-state index in [1.165, 1.54) is 47.3 Å². The molecule has 0 saturated heterocycles. The van der Waals surface area contributed by atoms with Crippen LogP contribution in [-0.2, 0) is 14.8 Å². The van der Waals surface area contributed by atoms with Crippen LogP contribution in [0.2, 0.25) is 0 Å². The minimum absolute atomic E-state index is 0.0522. The molecule has 2 aromatic rings. The molecule has 0 aliphatic carbocycles. The van der Waals surface area contributed by atoms with Crippen LogP contribution < -0.4 is 14.9 Å². The van der Waals surface area contributed by atoms with E-state index in [9.17, 15) is 18.0 Å². The van der Waals surface area contributed by atoms with E-state index in [2.05, 4.69) is 43.4 Å². The van der Waals surface area contributed by atoms with Crippen molar-refractivity contribution in [2.75, 3.05) is 19.0 Å². The SMILES string of the molecule is CNC(=O)N(C)c1ccc(S(=O)(=O)NC=O)cc1.Cc1ccccc1C. The zero-order valence-corrected chi connectivity index (χ0v) is 16.0. The highest BCUT2D eigenvalue weighted by Crippen LogP contribution is 2.16. The van der Waals surface area contributed by atoms with Gasteiger partial charge >= 0.3 is 6.03 Å². The third kappa shape index (κ3) is 5.89. The van der Waals surface area contributed by atoms with Crippen LogP contribution in [0.1, 0.15) is 11.1 Å². The number of aryl methyl sites for hydroxylation is 2. The maximum atomic E-state index is 11.5. The Bertz CT molecular complexity index is 828. The van der Waals surface area contributed by atoms with Gasteiger partial charge in [0, 0.05) is 19.8 Å². The van der Waals surface area contributed by atoms with Crippen LogP contribution in [0.5, 0.6) is 0 Å².